The fourth-order valence-electron chi connectivity index (χ4n) is 6.58. The maximum absolute atomic E-state index is 13.6. The topological polar surface area (TPSA) is 431 Å². The predicted molar refractivity (Wildman–Crippen MR) is 235 cm³/mol. The Morgan fingerprint density at radius 1 is 0.701 bits per heavy atom. The Labute approximate surface area is 389 Å². The van der Waals surface area contributed by atoms with Crippen molar-refractivity contribution in [1.29, 1.82) is 0 Å². The monoisotopic (exact) mass is 965 g/mol. The number of benzene rings is 1. The van der Waals surface area contributed by atoms with Gasteiger partial charge < -0.3 is 74.6 Å². The molecule has 1 aliphatic heterocycles. The van der Waals surface area contributed by atoms with Gasteiger partial charge in [0, 0.05) is 25.1 Å². The molecule has 16 N–H and O–H groups in total. The van der Waals surface area contributed by atoms with Gasteiger partial charge in [-0.3, -0.25) is 57.5 Å². The Morgan fingerprint density at radius 2 is 1.27 bits per heavy atom. The summed E-state index contributed by atoms with van der Waals surface area (Å²) in [5.74, 6) is -13.0. The normalized spacial score (nSPS) is 16.7. The van der Waals surface area contributed by atoms with Crippen LogP contribution < -0.4 is 54.4 Å². The quantitative estimate of drug-likeness (QED) is 0.0348. The van der Waals surface area contributed by atoms with E-state index in [1.165, 1.54) is 6.92 Å². The van der Waals surface area contributed by atoms with Crippen molar-refractivity contribution >= 4 is 83.6 Å². The van der Waals surface area contributed by atoms with E-state index < -0.39 is 163 Å². The maximum Gasteiger partial charge on any atom is 0.322 e. The third-order valence-corrected chi connectivity index (χ3v) is 10.5. The molecule has 0 bridgehead atoms. The molecule has 0 radical (unpaired) electrons. The predicted octanol–water partition coefficient (Wildman–Crippen LogP) is -6.01. The number of nitrogens with one attached hydrogen (secondary N) is 7. The van der Waals surface area contributed by atoms with Crippen molar-refractivity contribution in [3.05, 3.63) is 35.9 Å². The number of nitrogens with two attached hydrogens (primary N) is 3. The Balaban J connectivity index is 2.18. The molecule has 1 aromatic rings. The van der Waals surface area contributed by atoms with Crippen LogP contribution in [0.1, 0.15) is 64.4 Å². The van der Waals surface area contributed by atoms with Crippen molar-refractivity contribution in [1.82, 2.24) is 42.1 Å². The molecule has 0 aromatic heterocycles. The number of rotatable bonds is 28. The van der Waals surface area contributed by atoms with Crippen LogP contribution in [-0.4, -0.2) is 165 Å². The maximum atomic E-state index is 13.6. The van der Waals surface area contributed by atoms with E-state index in [4.69, 9.17) is 22.3 Å². The van der Waals surface area contributed by atoms with E-state index in [9.17, 15) is 67.7 Å². The largest absolute Gasteiger partial charge is 0.481 e. The number of likely N-dealkylation sites (tertiary alicyclic amines) is 1. The van der Waals surface area contributed by atoms with Gasteiger partial charge in [-0.05, 0) is 51.5 Å². The van der Waals surface area contributed by atoms with Crippen LogP contribution in [0.4, 0.5) is 0 Å². The molecule has 370 valence electrons. The third-order valence-electron chi connectivity index (χ3n) is 10.1. The molecule has 2 rings (SSSR count). The van der Waals surface area contributed by atoms with Gasteiger partial charge >= 0.3 is 11.9 Å². The molecular weight excluding hydrogens is 907 g/mol. The average Bonchev–Trinajstić information content (AvgIpc) is 3.76. The van der Waals surface area contributed by atoms with Crippen LogP contribution in [0.25, 0.3) is 0 Å². The number of aliphatic hydroxyl groups is 1. The van der Waals surface area contributed by atoms with Crippen LogP contribution in [0, 0.1) is 0 Å². The highest BCUT2D eigenvalue weighted by atomic mass is 32.1. The molecule has 0 spiro atoms. The van der Waals surface area contributed by atoms with Gasteiger partial charge in [0.2, 0.25) is 59.1 Å². The summed E-state index contributed by atoms with van der Waals surface area (Å²) in [6.45, 7) is 1.59. The highest BCUT2D eigenvalue weighted by molar-refractivity contribution is 7.80. The average molecular weight is 966 g/mol. The van der Waals surface area contributed by atoms with Gasteiger partial charge in [0.25, 0.3) is 0 Å². The zero-order valence-electron chi connectivity index (χ0n) is 36.7. The molecule has 1 saturated heterocycles. The van der Waals surface area contributed by atoms with Crippen LogP contribution in [0.2, 0.25) is 0 Å². The fourth-order valence-corrected chi connectivity index (χ4v) is 6.83. The lowest BCUT2D eigenvalue weighted by atomic mass is 10.0. The third kappa shape index (κ3) is 19.2. The first-order valence-corrected chi connectivity index (χ1v) is 21.6. The summed E-state index contributed by atoms with van der Waals surface area (Å²) in [6.07, 6.45) is -3.71. The molecular formula is C40H59N11O15S. The number of carbonyl (C=O) groups excluding carboxylic acids is 10. The SMILES string of the molecule is C[C@H](NC(=O)[C@@H](NC(=O)[C@H](CC(N)=O)NC(=O)[C@H](CS)NC(=O)[C@H](CCC(=O)O)NC(=O)[C@@H](N)Cc1ccccc1)[C@@H](C)O)C(=O)N[C@@H](CCC(N)=O)C(=O)N1CCC[C@H]1C(=O)NCC(=O)O. The smallest absolute Gasteiger partial charge is 0.322 e. The van der Waals surface area contributed by atoms with Crippen LogP contribution in [-0.2, 0) is 64.0 Å². The van der Waals surface area contributed by atoms with E-state index >= 15 is 0 Å². The zero-order chi connectivity index (χ0) is 50.5. The van der Waals surface area contributed by atoms with Crippen molar-refractivity contribution in [2.75, 3.05) is 18.8 Å². The fraction of sp³-hybridized carbons (Fsp3) is 0.550. The highest BCUT2D eigenvalue weighted by Gasteiger charge is 2.39. The molecule has 1 heterocycles. The van der Waals surface area contributed by atoms with E-state index in [0.29, 0.717) is 12.0 Å². The lowest BCUT2D eigenvalue weighted by Gasteiger charge is -2.29. The molecule has 10 amide bonds. The van der Waals surface area contributed by atoms with Crippen LogP contribution in [0.5, 0.6) is 0 Å². The lowest BCUT2D eigenvalue weighted by molar-refractivity contribution is -0.143. The number of carboxylic acids is 2. The minimum Gasteiger partial charge on any atom is -0.481 e. The number of hydrogen-bond donors (Lipinski definition) is 14. The summed E-state index contributed by atoms with van der Waals surface area (Å²) in [5, 5.41) is 44.6. The van der Waals surface area contributed by atoms with Gasteiger partial charge in [-0.15, -0.1) is 0 Å². The van der Waals surface area contributed by atoms with Crippen LogP contribution in [0.3, 0.4) is 0 Å². The zero-order valence-corrected chi connectivity index (χ0v) is 37.6. The summed E-state index contributed by atoms with van der Waals surface area (Å²) < 4.78 is 0. The van der Waals surface area contributed by atoms with Crippen molar-refractivity contribution in [2.45, 2.75) is 120 Å². The number of nitrogens with zero attached hydrogens (tertiary/aromatic N) is 1. The molecule has 0 unspecified atom stereocenters. The first-order valence-electron chi connectivity index (χ1n) is 20.9. The molecule has 67 heavy (non-hydrogen) atoms. The van der Waals surface area contributed by atoms with Crippen molar-refractivity contribution in [2.24, 2.45) is 17.2 Å². The van der Waals surface area contributed by atoms with Crippen molar-refractivity contribution in [3.8, 4) is 0 Å². The number of hydrogen-bond acceptors (Lipinski definition) is 15. The number of primary amides is 2. The van der Waals surface area contributed by atoms with Gasteiger partial charge in [-0.2, -0.15) is 12.6 Å². The Kier molecular flexibility index (Phi) is 23.2. The van der Waals surface area contributed by atoms with E-state index in [2.05, 4.69) is 49.8 Å². The second-order valence-corrected chi connectivity index (χ2v) is 16.0. The standard InChI is InChI=1S/C40H59N11O15S/c1-19(33(59)47-24(10-12-28(42)53)40(66)51-14-6-9-27(51)38(64)44-17-31(57)58)45-39(65)32(20(2)52)50-36(62)25(16-29(43)54)48-37(63)26(18-67)49-35(61)23(11-13-30(55)56)46-34(60)22(41)15-21-7-4-3-5-8-21/h3-5,7-8,19-20,22-27,32,52,67H,6,9-18,41H2,1-2H3,(H2,42,53)(H2,43,54)(H,44,64)(H,45,65)(H,46,60)(H,47,59)(H,48,63)(H,49,61)(H,50,62)(H,55,56)(H,57,58)/t19-,20+,22-,23-,24-,25-,26-,27-,32-/m0/s1. The highest BCUT2D eigenvalue weighted by Crippen LogP contribution is 2.20. The minimum absolute atomic E-state index is 0.0519. The molecule has 1 aromatic carbocycles. The molecule has 1 aliphatic rings. The molecule has 26 nitrogen and oxygen atoms in total. The van der Waals surface area contributed by atoms with Gasteiger partial charge in [-0.1, -0.05) is 30.3 Å². The first kappa shape index (κ1) is 56.3. The van der Waals surface area contributed by atoms with Crippen LogP contribution >= 0.6 is 12.6 Å². The summed E-state index contributed by atoms with van der Waals surface area (Å²) in [4.78, 5) is 153. The Bertz CT molecular complexity index is 1990. The van der Waals surface area contributed by atoms with Crippen molar-refractivity contribution in [3.63, 3.8) is 0 Å². The lowest BCUT2D eigenvalue weighted by Crippen LogP contribution is -2.62. The van der Waals surface area contributed by atoms with Gasteiger partial charge in [0.05, 0.1) is 18.6 Å². The molecule has 0 saturated carbocycles. The Morgan fingerprint density at radius 3 is 1.84 bits per heavy atom. The van der Waals surface area contributed by atoms with E-state index in [0.717, 1.165) is 11.8 Å². The van der Waals surface area contributed by atoms with Gasteiger partial charge in [0.15, 0.2) is 0 Å². The number of amides is 10. The van der Waals surface area contributed by atoms with Gasteiger partial charge in [-0.25, -0.2) is 0 Å². The Hall–Kier alpha value is -6.87. The van der Waals surface area contributed by atoms with E-state index in [1.807, 2.05) is 0 Å². The summed E-state index contributed by atoms with van der Waals surface area (Å²) >= 11 is 4.08. The summed E-state index contributed by atoms with van der Waals surface area (Å²) in [6, 6.07) is -3.37. The summed E-state index contributed by atoms with van der Waals surface area (Å²) in [5.41, 5.74) is 17.3. The van der Waals surface area contributed by atoms with E-state index in [1.54, 1.807) is 30.3 Å². The number of aliphatic hydroxyl groups excluding tert-OH is 1. The first-order chi connectivity index (χ1) is 31.4. The number of thiol groups is 1. The molecule has 1 fully saturated rings. The molecule has 9 atom stereocenters. The number of aliphatic carboxylic acids is 2. The number of carbonyl (C=O) groups is 12. The van der Waals surface area contributed by atoms with Crippen LogP contribution in [0.15, 0.2) is 30.3 Å². The van der Waals surface area contributed by atoms with Crippen molar-refractivity contribution < 1.29 is 72.9 Å². The molecule has 27 heteroatoms. The number of carboxylic acid groups (broad SMARTS) is 2. The van der Waals surface area contributed by atoms with Gasteiger partial charge in [0.1, 0.15) is 48.8 Å². The second kappa shape index (κ2) is 27.6. The minimum atomic E-state index is -1.87. The molecule has 0 aliphatic carbocycles. The van der Waals surface area contributed by atoms with E-state index in [-0.39, 0.29) is 25.8 Å². The second-order valence-electron chi connectivity index (χ2n) is 15.6. The summed E-state index contributed by atoms with van der Waals surface area (Å²) in [7, 11) is 0.